The van der Waals surface area contributed by atoms with Crippen LogP contribution in [-0.2, 0) is 4.79 Å². The zero-order valence-corrected chi connectivity index (χ0v) is 13.8. The molecule has 1 atom stereocenters. The Labute approximate surface area is 142 Å². The number of rotatable bonds is 2. The minimum atomic E-state index is -0.806. The fourth-order valence-corrected chi connectivity index (χ4v) is 5.15. The molecule has 4 rings (SSSR count). The van der Waals surface area contributed by atoms with Gasteiger partial charge in [-0.1, -0.05) is 31.0 Å². The van der Waals surface area contributed by atoms with Crippen molar-refractivity contribution in [3.8, 4) is 0 Å². The van der Waals surface area contributed by atoms with Crippen LogP contribution in [0.25, 0.3) is 0 Å². The molecular weight excluding hydrogens is 304 g/mol. The number of carbonyl (C=O) groups excluding carboxylic acids is 1. The molecule has 5 heteroatoms. The average molecular weight is 328 g/mol. The number of carbonyl (C=O) groups is 2. The largest absolute Gasteiger partial charge is 0.481 e. The zero-order valence-electron chi connectivity index (χ0n) is 13.8. The molecule has 1 aliphatic carbocycles. The minimum Gasteiger partial charge on any atom is -0.481 e. The molecular formula is C19H24N2O3. The number of nitrogens with one attached hydrogen (secondary N) is 1. The molecule has 1 unspecified atom stereocenters. The second-order valence-electron chi connectivity index (χ2n) is 7.33. The van der Waals surface area contributed by atoms with Crippen LogP contribution in [0.5, 0.6) is 0 Å². The van der Waals surface area contributed by atoms with Gasteiger partial charge in [-0.3, -0.25) is 9.59 Å². The summed E-state index contributed by atoms with van der Waals surface area (Å²) >= 11 is 0. The van der Waals surface area contributed by atoms with Crippen LogP contribution in [0.1, 0.15) is 60.4 Å². The summed E-state index contributed by atoms with van der Waals surface area (Å²) in [6, 6.07) is 7.50. The summed E-state index contributed by atoms with van der Waals surface area (Å²) in [6.45, 7) is 1.53. The maximum atomic E-state index is 13.4. The Hall–Kier alpha value is -1.88. The Morgan fingerprint density at radius 2 is 1.83 bits per heavy atom. The summed E-state index contributed by atoms with van der Waals surface area (Å²) in [4.78, 5) is 27.7. The van der Waals surface area contributed by atoms with Gasteiger partial charge in [0.25, 0.3) is 5.91 Å². The Morgan fingerprint density at radius 3 is 2.50 bits per heavy atom. The smallest absolute Gasteiger partial charge is 0.313 e. The number of amides is 1. The van der Waals surface area contributed by atoms with Gasteiger partial charge in [0.2, 0.25) is 0 Å². The number of nitrogens with zero attached hydrogens (tertiary/aromatic N) is 1. The number of benzene rings is 1. The molecule has 1 aromatic rings. The van der Waals surface area contributed by atoms with Gasteiger partial charge in [0.1, 0.15) is 5.92 Å². The van der Waals surface area contributed by atoms with E-state index in [1.165, 1.54) is 0 Å². The summed E-state index contributed by atoms with van der Waals surface area (Å²) in [6.07, 6.45) is 5.66. The van der Waals surface area contributed by atoms with E-state index in [-0.39, 0.29) is 11.9 Å². The van der Waals surface area contributed by atoms with Crippen LogP contribution >= 0.6 is 0 Å². The Kier molecular flexibility index (Phi) is 3.83. The molecule has 1 amide bonds. The van der Waals surface area contributed by atoms with Crippen molar-refractivity contribution in [1.29, 1.82) is 0 Å². The molecule has 128 valence electrons. The molecule has 0 radical (unpaired) electrons. The highest BCUT2D eigenvalue weighted by Crippen LogP contribution is 2.48. The van der Waals surface area contributed by atoms with Crippen molar-refractivity contribution in [2.75, 3.05) is 13.1 Å². The van der Waals surface area contributed by atoms with Crippen LogP contribution in [0, 0.1) is 0 Å². The van der Waals surface area contributed by atoms with Crippen molar-refractivity contribution in [2.45, 2.75) is 56.0 Å². The number of piperidine rings is 1. The lowest BCUT2D eigenvalue weighted by molar-refractivity contribution is -0.144. The maximum Gasteiger partial charge on any atom is 0.313 e. The van der Waals surface area contributed by atoms with Gasteiger partial charge in [-0.05, 0) is 50.4 Å². The molecule has 0 bridgehead atoms. The SMILES string of the molecule is O=C(O)C1c2ccccc2C(=O)N(C2CCCC2)C12CCNCC2. The van der Waals surface area contributed by atoms with Crippen molar-refractivity contribution >= 4 is 11.9 Å². The van der Waals surface area contributed by atoms with Gasteiger partial charge in [0.15, 0.2) is 0 Å². The molecule has 5 nitrogen and oxygen atoms in total. The first-order valence-electron chi connectivity index (χ1n) is 9.01. The lowest BCUT2D eigenvalue weighted by Crippen LogP contribution is -2.66. The Bertz CT molecular complexity index is 660. The van der Waals surface area contributed by atoms with Crippen LogP contribution in [0.4, 0.5) is 0 Å². The molecule has 1 aromatic carbocycles. The summed E-state index contributed by atoms with van der Waals surface area (Å²) in [5.74, 6) is -1.40. The van der Waals surface area contributed by atoms with Gasteiger partial charge in [-0.15, -0.1) is 0 Å². The third kappa shape index (κ3) is 2.18. The average Bonchev–Trinajstić information content (AvgIpc) is 3.09. The van der Waals surface area contributed by atoms with Crippen LogP contribution in [0.15, 0.2) is 24.3 Å². The van der Waals surface area contributed by atoms with E-state index >= 15 is 0 Å². The number of hydrogen-bond acceptors (Lipinski definition) is 3. The highest BCUT2D eigenvalue weighted by atomic mass is 16.4. The van der Waals surface area contributed by atoms with Crippen molar-refractivity contribution in [2.24, 2.45) is 0 Å². The fraction of sp³-hybridized carbons (Fsp3) is 0.579. The molecule has 2 fully saturated rings. The van der Waals surface area contributed by atoms with E-state index in [0.29, 0.717) is 24.0 Å². The monoisotopic (exact) mass is 328 g/mol. The Morgan fingerprint density at radius 1 is 1.17 bits per heavy atom. The number of carboxylic acid groups (broad SMARTS) is 1. The second kappa shape index (κ2) is 5.88. The van der Waals surface area contributed by atoms with Crippen molar-refractivity contribution < 1.29 is 14.7 Å². The van der Waals surface area contributed by atoms with Gasteiger partial charge in [0.05, 0.1) is 5.54 Å². The van der Waals surface area contributed by atoms with E-state index in [4.69, 9.17) is 0 Å². The number of aliphatic carboxylic acids is 1. The highest BCUT2D eigenvalue weighted by molar-refractivity contribution is 6.01. The number of hydrogen-bond donors (Lipinski definition) is 2. The molecule has 3 aliphatic rings. The summed E-state index contributed by atoms with van der Waals surface area (Å²) in [5.41, 5.74) is 0.699. The van der Waals surface area contributed by atoms with Gasteiger partial charge in [-0.2, -0.15) is 0 Å². The standard InChI is InChI=1S/C19H24N2O3/c22-17-15-8-4-3-7-14(15)16(18(23)24)19(9-11-20-12-10-19)21(17)13-5-1-2-6-13/h3-4,7-8,13,16,20H,1-2,5-6,9-12H2,(H,23,24). The predicted octanol–water partition coefficient (Wildman–Crippen LogP) is 2.38. The molecule has 0 aromatic heterocycles. The molecule has 1 saturated carbocycles. The van der Waals surface area contributed by atoms with Gasteiger partial charge in [0, 0.05) is 11.6 Å². The second-order valence-corrected chi connectivity index (χ2v) is 7.33. The lowest BCUT2D eigenvalue weighted by atomic mass is 9.67. The molecule has 2 aliphatic heterocycles. The van der Waals surface area contributed by atoms with Crippen LogP contribution in [-0.4, -0.2) is 46.6 Å². The molecule has 24 heavy (non-hydrogen) atoms. The van der Waals surface area contributed by atoms with Gasteiger partial charge in [-0.25, -0.2) is 0 Å². The summed E-state index contributed by atoms with van der Waals surface area (Å²) in [5, 5.41) is 13.4. The molecule has 2 heterocycles. The van der Waals surface area contributed by atoms with Gasteiger partial charge < -0.3 is 15.3 Å². The number of fused-ring (bicyclic) bond motifs is 1. The third-order valence-corrected chi connectivity index (χ3v) is 6.14. The lowest BCUT2D eigenvalue weighted by Gasteiger charge is -2.55. The first kappa shape index (κ1) is 15.6. The fourth-order valence-electron chi connectivity index (χ4n) is 5.15. The van der Waals surface area contributed by atoms with E-state index in [9.17, 15) is 14.7 Å². The third-order valence-electron chi connectivity index (χ3n) is 6.14. The molecule has 2 N–H and O–H groups in total. The molecule has 1 spiro atoms. The van der Waals surface area contributed by atoms with E-state index < -0.39 is 17.4 Å². The summed E-state index contributed by atoms with van der Waals surface area (Å²) < 4.78 is 0. The van der Waals surface area contributed by atoms with Crippen LogP contribution < -0.4 is 5.32 Å². The van der Waals surface area contributed by atoms with Crippen LogP contribution in [0.3, 0.4) is 0 Å². The first-order valence-corrected chi connectivity index (χ1v) is 9.01. The van der Waals surface area contributed by atoms with Crippen molar-refractivity contribution in [3.05, 3.63) is 35.4 Å². The Balaban J connectivity index is 1.90. The highest BCUT2D eigenvalue weighted by Gasteiger charge is 2.56. The predicted molar refractivity (Wildman–Crippen MR) is 90.1 cm³/mol. The summed E-state index contributed by atoms with van der Waals surface area (Å²) in [7, 11) is 0. The number of carboxylic acids is 1. The maximum absolute atomic E-state index is 13.4. The first-order chi connectivity index (χ1) is 11.6. The van der Waals surface area contributed by atoms with E-state index in [2.05, 4.69) is 5.32 Å². The van der Waals surface area contributed by atoms with Crippen molar-refractivity contribution in [3.63, 3.8) is 0 Å². The normalized spacial score (nSPS) is 26.6. The van der Waals surface area contributed by atoms with Gasteiger partial charge >= 0.3 is 5.97 Å². The van der Waals surface area contributed by atoms with Crippen molar-refractivity contribution in [1.82, 2.24) is 10.2 Å². The van der Waals surface area contributed by atoms with E-state index in [0.717, 1.165) is 38.8 Å². The topological polar surface area (TPSA) is 69.6 Å². The minimum absolute atomic E-state index is 0.0388. The van der Waals surface area contributed by atoms with E-state index in [1.807, 2.05) is 23.1 Å². The van der Waals surface area contributed by atoms with Crippen LogP contribution in [0.2, 0.25) is 0 Å². The van der Waals surface area contributed by atoms with E-state index in [1.54, 1.807) is 6.07 Å². The quantitative estimate of drug-likeness (QED) is 0.874. The molecule has 1 saturated heterocycles. The zero-order chi connectivity index (χ0) is 16.7.